The van der Waals surface area contributed by atoms with Gasteiger partial charge < -0.3 is 9.84 Å². The molecule has 0 heterocycles. The Labute approximate surface area is 91.2 Å². The fraction of sp³-hybridized carbons (Fsp3) is 0.385. The number of rotatable bonds is 7. The lowest BCUT2D eigenvalue weighted by Gasteiger charge is -2.04. The van der Waals surface area contributed by atoms with Crippen molar-refractivity contribution in [3.05, 3.63) is 42.0 Å². The normalized spacial score (nSPS) is 10.2. The van der Waals surface area contributed by atoms with Crippen molar-refractivity contribution in [2.75, 3.05) is 13.2 Å². The van der Waals surface area contributed by atoms with Crippen molar-refractivity contribution in [3.63, 3.8) is 0 Å². The van der Waals surface area contributed by atoms with Gasteiger partial charge in [0.15, 0.2) is 0 Å². The van der Waals surface area contributed by atoms with E-state index in [2.05, 4.69) is 6.58 Å². The molecule has 0 fully saturated rings. The van der Waals surface area contributed by atoms with E-state index in [9.17, 15) is 0 Å². The Morgan fingerprint density at radius 2 is 1.93 bits per heavy atom. The molecule has 0 saturated heterocycles. The molecule has 0 radical (unpaired) electrons. The summed E-state index contributed by atoms with van der Waals surface area (Å²) in [6, 6.07) is 8.14. The van der Waals surface area contributed by atoms with Gasteiger partial charge in [0.1, 0.15) is 0 Å². The Balaban J connectivity index is 2.22. The monoisotopic (exact) mass is 206 g/mol. The fourth-order valence-corrected chi connectivity index (χ4v) is 1.26. The Morgan fingerprint density at radius 3 is 2.53 bits per heavy atom. The van der Waals surface area contributed by atoms with Crippen LogP contribution in [-0.4, -0.2) is 18.3 Å². The third-order valence-corrected chi connectivity index (χ3v) is 2.18. The largest absolute Gasteiger partial charge is 0.396 e. The molecule has 2 heteroatoms. The molecule has 0 aliphatic carbocycles. The van der Waals surface area contributed by atoms with E-state index >= 15 is 0 Å². The van der Waals surface area contributed by atoms with Crippen molar-refractivity contribution in [3.8, 4) is 0 Å². The molecule has 1 rings (SSSR count). The number of benzene rings is 1. The van der Waals surface area contributed by atoms with Crippen molar-refractivity contribution in [1.82, 2.24) is 0 Å². The number of ether oxygens (including phenoxy) is 1. The molecule has 15 heavy (non-hydrogen) atoms. The first-order valence-corrected chi connectivity index (χ1v) is 5.27. The highest BCUT2D eigenvalue weighted by Crippen LogP contribution is 2.06. The summed E-state index contributed by atoms with van der Waals surface area (Å²) in [5.41, 5.74) is 2.30. The minimum atomic E-state index is 0.247. The maximum absolute atomic E-state index is 8.58. The van der Waals surface area contributed by atoms with Crippen LogP contribution in [0.5, 0.6) is 0 Å². The first-order chi connectivity index (χ1) is 7.36. The van der Waals surface area contributed by atoms with E-state index in [4.69, 9.17) is 9.84 Å². The number of aliphatic hydroxyl groups is 1. The van der Waals surface area contributed by atoms with Gasteiger partial charge in [-0.3, -0.25) is 0 Å². The molecule has 0 atom stereocenters. The summed E-state index contributed by atoms with van der Waals surface area (Å²) in [7, 11) is 0. The van der Waals surface area contributed by atoms with E-state index in [1.165, 1.54) is 5.56 Å². The number of unbranched alkanes of at least 4 members (excludes halogenated alkanes) is 1. The van der Waals surface area contributed by atoms with E-state index in [0.29, 0.717) is 13.2 Å². The van der Waals surface area contributed by atoms with Crippen LogP contribution < -0.4 is 0 Å². The second-order valence-electron chi connectivity index (χ2n) is 3.43. The van der Waals surface area contributed by atoms with Gasteiger partial charge in [-0.15, -0.1) is 0 Å². The summed E-state index contributed by atoms with van der Waals surface area (Å²) in [6.45, 7) is 5.30. The molecule has 0 amide bonds. The average molecular weight is 206 g/mol. The van der Waals surface area contributed by atoms with Crippen molar-refractivity contribution < 1.29 is 9.84 Å². The second-order valence-corrected chi connectivity index (χ2v) is 3.43. The first-order valence-electron chi connectivity index (χ1n) is 5.27. The van der Waals surface area contributed by atoms with Crippen LogP contribution >= 0.6 is 0 Å². The van der Waals surface area contributed by atoms with Gasteiger partial charge in [0.2, 0.25) is 0 Å². The van der Waals surface area contributed by atoms with Gasteiger partial charge in [-0.25, -0.2) is 0 Å². The van der Waals surface area contributed by atoms with Crippen LogP contribution in [0.15, 0.2) is 30.8 Å². The number of hydrogen-bond acceptors (Lipinski definition) is 2. The summed E-state index contributed by atoms with van der Waals surface area (Å²) < 4.78 is 5.46. The Kier molecular flexibility index (Phi) is 5.74. The maximum atomic E-state index is 8.58. The lowest BCUT2D eigenvalue weighted by atomic mass is 10.1. The second kappa shape index (κ2) is 7.21. The predicted octanol–water partition coefficient (Wildman–Crippen LogP) is 2.62. The topological polar surface area (TPSA) is 29.5 Å². The molecule has 82 valence electrons. The molecule has 0 aromatic heterocycles. The Bertz CT molecular complexity index is 277. The van der Waals surface area contributed by atoms with E-state index in [1.54, 1.807) is 0 Å². The van der Waals surface area contributed by atoms with Crippen molar-refractivity contribution in [2.24, 2.45) is 0 Å². The van der Waals surface area contributed by atoms with E-state index in [0.717, 1.165) is 18.4 Å². The molecule has 2 nitrogen and oxygen atoms in total. The van der Waals surface area contributed by atoms with Crippen LogP contribution in [0.4, 0.5) is 0 Å². The number of aliphatic hydroxyl groups excluding tert-OH is 1. The fourth-order valence-electron chi connectivity index (χ4n) is 1.26. The zero-order valence-electron chi connectivity index (χ0n) is 8.98. The third-order valence-electron chi connectivity index (χ3n) is 2.18. The highest BCUT2D eigenvalue weighted by molar-refractivity contribution is 5.47. The van der Waals surface area contributed by atoms with Gasteiger partial charge in [0.05, 0.1) is 6.61 Å². The summed E-state index contributed by atoms with van der Waals surface area (Å²) in [6.07, 6.45) is 3.56. The third kappa shape index (κ3) is 4.77. The molecule has 0 aliphatic heterocycles. The highest BCUT2D eigenvalue weighted by atomic mass is 16.5. The van der Waals surface area contributed by atoms with Crippen molar-refractivity contribution in [2.45, 2.75) is 19.4 Å². The zero-order valence-corrected chi connectivity index (χ0v) is 8.98. The zero-order chi connectivity index (χ0) is 10.9. The average Bonchev–Trinajstić information content (AvgIpc) is 2.30. The van der Waals surface area contributed by atoms with Crippen LogP contribution in [0.25, 0.3) is 6.08 Å². The molecule has 1 aromatic rings. The smallest absolute Gasteiger partial charge is 0.0716 e. The highest BCUT2D eigenvalue weighted by Gasteiger charge is 1.93. The summed E-state index contributed by atoms with van der Waals surface area (Å²) in [5.74, 6) is 0. The molecule has 0 unspecified atom stereocenters. The lowest BCUT2D eigenvalue weighted by Crippen LogP contribution is -1.96. The van der Waals surface area contributed by atoms with Crippen LogP contribution in [0, 0.1) is 0 Å². The van der Waals surface area contributed by atoms with Crippen LogP contribution in [0.1, 0.15) is 24.0 Å². The van der Waals surface area contributed by atoms with Gasteiger partial charge in [-0.05, 0) is 24.0 Å². The quantitative estimate of drug-likeness (QED) is 0.695. The molecule has 0 spiro atoms. The number of hydrogen-bond donors (Lipinski definition) is 1. The summed E-state index contributed by atoms with van der Waals surface area (Å²) >= 11 is 0. The molecule has 1 N–H and O–H groups in total. The lowest BCUT2D eigenvalue weighted by molar-refractivity contribution is 0.112. The summed E-state index contributed by atoms with van der Waals surface area (Å²) in [4.78, 5) is 0. The van der Waals surface area contributed by atoms with Crippen LogP contribution in [0.3, 0.4) is 0 Å². The minimum absolute atomic E-state index is 0.247. The van der Waals surface area contributed by atoms with Gasteiger partial charge >= 0.3 is 0 Å². The maximum Gasteiger partial charge on any atom is 0.0716 e. The SMILES string of the molecule is C=Cc1ccc(COCCCCO)cc1. The molecule has 0 saturated carbocycles. The molecule has 0 bridgehead atoms. The van der Waals surface area contributed by atoms with Crippen molar-refractivity contribution >= 4 is 6.08 Å². The molecular weight excluding hydrogens is 188 g/mol. The van der Waals surface area contributed by atoms with E-state index < -0.39 is 0 Å². The van der Waals surface area contributed by atoms with E-state index in [1.807, 2.05) is 30.3 Å². The van der Waals surface area contributed by atoms with Gasteiger partial charge in [0, 0.05) is 13.2 Å². The molecular formula is C13H18O2. The Hall–Kier alpha value is -1.12. The summed E-state index contributed by atoms with van der Waals surface area (Å²) in [5, 5.41) is 8.58. The molecule has 0 aliphatic rings. The first kappa shape index (κ1) is 12.0. The van der Waals surface area contributed by atoms with E-state index in [-0.39, 0.29) is 6.61 Å². The molecule has 1 aromatic carbocycles. The predicted molar refractivity (Wildman–Crippen MR) is 62.5 cm³/mol. The van der Waals surface area contributed by atoms with Gasteiger partial charge in [-0.1, -0.05) is 36.9 Å². The van der Waals surface area contributed by atoms with Crippen molar-refractivity contribution in [1.29, 1.82) is 0 Å². The minimum Gasteiger partial charge on any atom is -0.396 e. The standard InChI is InChI=1S/C13H18O2/c1-2-12-5-7-13(8-6-12)11-15-10-4-3-9-14/h2,5-8,14H,1,3-4,9-11H2. The van der Waals surface area contributed by atoms with Crippen LogP contribution in [0.2, 0.25) is 0 Å². The van der Waals surface area contributed by atoms with Gasteiger partial charge in [-0.2, -0.15) is 0 Å². The Morgan fingerprint density at radius 1 is 1.20 bits per heavy atom. The van der Waals surface area contributed by atoms with Crippen LogP contribution in [-0.2, 0) is 11.3 Å². The van der Waals surface area contributed by atoms with Gasteiger partial charge in [0.25, 0.3) is 0 Å².